The molecule has 1 fully saturated rings. The maximum absolute atomic E-state index is 10.7. The lowest BCUT2D eigenvalue weighted by Gasteiger charge is -2.25. The molecule has 0 bridgehead atoms. The fourth-order valence-electron chi connectivity index (χ4n) is 1.77. The molecule has 0 unspecified atom stereocenters. The SMILES string of the molecule is Cc1cc(N2CCSCC2)nc(N)[n+]1OS(=O)(=O)O.[OH-]. The normalized spacial score (nSPS) is 15.6. The molecule has 1 aliphatic rings. The van der Waals surface area contributed by atoms with E-state index in [9.17, 15) is 8.42 Å². The number of nitrogens with two attached hydrogens (primary N) is 1. The van der Waals surface area contributed by atoms with Crippen molar-refractivity contribution in [1.82, 2.24) is 4.98 Å². The van der Waals surface area contributed by atoms with Gasteiger partial charge in [-0.25, -0.2) is 4.28 Å². The van der Waals surface area contributed by atoms with Gasteiger partial charge in [0.2, 0.25) is 5.82 Å². The summed E-state index contributed by atoms with van der Waals surface area (Å²) >= 11 is 1.87. The maximum Gasteiger partial charge on any atom is 0.476 e. The van der Waals surface area contributed by atoms with Gasteiger partial charge < -0.3 is 10.4 Å². The second-order valence-corrected chi connectivity index (χ2v) is 6.24. The lowest BCUT2D eigenvalue weighted by atomic mass is 10.4. The van der Waals surface area contributed by atoms with Gasteiger partial charge in [0.05, 0.1) is 0 Å². The van der Waals surface area contributed by atoms with Crippen molar-refractivity contribution in [2.45, 2.75) is 6.92 Å². The van der Waals surface area contributed by atoms with Crippen molar-refractivity contribution in [3.05, 3.63) is 11.8 Å². The molecular formula is C9H16N4O5S2. The van der Waals surface area contributed by atoms with E-state index in [0.29, 0.717) is 11.5 Å². The Balaban J connectivity index is 0.00000200. The molecule has 9 nitrogen and oxygen atoms in total. The van der Waals surface area contributed by atoms with Gasteiger partial charge in [0.25, 0.3) is 0 Å². The van der Waals surface area contributed by atoms with Gasteiger partial charge in [-0.2, -0.15) is 20.2 Å². The Bertz CT molecular complexity index is 551. The highest BCUT2D eigenvalue weighted by molar-refractivity contribution is 7.99. The van der Waals surface area contributed by atoms with Crippen LogP contribution in [0.2, 0.25) is 0 Å². The molecule has 11 heteroatoms. The predicted molar refractivity (Wildman–Crippen MR) is 73.2 cm³/mol. The van der Waals surface area contributed by atoms with Crippen molar-refractivity contribution < 1.29 is 27.5 Å². The Morgan fingerprint density at radius 1 is 1.50 bits per heavy atom. The molecule has 1 aromatic heterocycles. The molecule has 0 amide bonds. The summed E-state index contributed by atoms with van der Waals surface area (Å²) in [6, 6.07) is 1.66. The third kappa shape index (κ3) is 4.10. The third-order valence-electron chi connectivity index (χ3n) is 2.60. The summed E-state index contributed by atoms with van der Waals surface area (Å²) in [5, 5.41) is 0. The van der Waals surface area contributed by atoms with Crippen LogP contribution >= 0.6 is 11.8 Å². The zero-order valence-electron chi connectivity index (χ0n) is 10.8. The molecular weight excluding hydrogens is 308 g/mol. The Hall–Kier alpha value is -1.30. The minimum atomic E-state index is -4.63. The summed E-state index contributed by atoms with van der Waals surface area (Å²) in [6.07, 6.45) is 0. The standard InChI is InChI=1S/C9H14N4O4S2.H2O/c1-7-6-8(12-2-4-18-5-3-12)11-9(10)13(7)17-19(14,15)16;/h6,10H,2-5H2,1H3,(H,14,15,16);1H2. The molecule has 0 aliphatic carbocycles. The molecule has 0 radical (unpaired) electrons. The van der Waals surface area contributed by atoms with Gasteiger partial charge in [0.15, 0.2) is 0 Å². The van der Waals surface area contributed by atoms with Crippen molar-refractivity contribution >= 4 is 33.9 Å². The molecule has 2 rings (SSSR count). The molecule has 20 heavy (non-hydrogen) atoms. The monoisotopic (exact) mass is 324 g/mol. The first kappa shape index (κ1) is 16.8. The number of hydrogen-bond acceptors (Lipinski definition) is 8. The molecule has 1 aromatic rings. The van der Waals surface area contributed by atoms with Crippen LogP contribution in [0.5, 0.6) is 0 Å². The minimum absolute atomic E-state index is 0. The Morgan fingerprint density at radius 2 is 2.10 bits per heavy atom. The van der Waals surface area contributed by atoms with Crippen molar-refractivity contribution in [1.29, 1.82) is 0 Å². The van der Waals surface area contributed by atoms with E-state index in [1.807, 2.05) is 11.8 Å². The molecule has 0 saturated carbocycles. The average molecular weight is 324 g/mol. The highest BCUT2D eigenvalue weighted by Crippen LogP contribution is 2.17. The second kappa shape index (κ2) is 6.43. The van der Waals surface area contributed by atoms with E-state index in [0.717, 1.165) is 29.3 Å². The van der Waals surface area contributed by atoms with Gasteiger partial charge in [-0.15, -0.1) is 0 Å². The number of nitrogens with zero attached hydrogens (tertiary/aromatic N) is 3. The van der Waals surface area contributed by atoms with Crippen molar-refractivity contribution in [2.75, 3.05) is 35.2 Å². The van der Waals surface area contributed by atoms with E-state index in [-0.39, 0.29) is 11.4 Å². The van der Waals surface area contributed by atoms with Crippen LogP contribution in [0.1, 0.15) is 5.69 Å². The number of hydrogen-bond donors (Lipinski definition) is 2. The van der Waals surface area contributed by atoms with Crippen LogP contribution in [-0.2, 0) is 10.4 Å². The quantitative estimate of drug-likeness (QED) is 0.522. The van der Waals surface area contributed by atoms with Gasteiger partial charge in [0.1, 0.15) is 5.69 Å². The van der Waals surface area contributed by atoms with Gasteiger partial charge >= 0.3 is 16.3 Å². The summed E-state index contributed by atoms with van der Waals surface area (Å²) in [7, 11) is -4.63. The van der Waals surface area contributed by atoms with E-state index in [1.165, 1.54) is 0 Å². The Kier molecular flexibility index (Phi) is 5.39. The molecule has 0 spiro atoms. The smallest absolute Gasteiger partial charge is 0.476 e. The van der Waals surface area contributed by atoms with Crippen LogP contribution in [0, 0.1) is 6.92 Å². The van der Waals surface area contributed by atoms with Crippen LogP contribution in [0.4, 0.5) is 11.8 Å². The molecule has 0 aromatic carbocycles. The van der Waals surface area contributed by atoms with Crippen molar-refractivity contribution in [2.24, 2.45) is 0 Å². The van der Waals surface area contributed by atoms with Crippen molar-refractivity contribution in [3.63, 3.8) is 0 Å². The average Bonchev–Trinajstić information content (AvgIpc) is 2.33. The summed E-state index contributed by atoms with van der Waals surface area (Å²) in [5.41, 5.74) is 6.08. The van der Waals surface area contributed by atoms with Crippen molar-refractivity contribution in [3.8, 4) is 0 Å². The van der Waals surface area contributed by atoms with Gasteiger partial charge in [-0.3, -0.25) is 10.3 Å². The van der Waals surface area contributed by atoms with E-state index in [4.69, 9.17) is 10.3 Å². The first-order valence-corrected chi connectivity index (χ1v) is 8.08. The number of anilines is 2. The third-order valence-corrected chi connectivity index (χ3v) is 3.88. The number of thioether (sulfide) groups is 1. The van der Waals surface area contributed by atoms with Crippen LogP contribution in [0.25, 0.3) is 0 Å². The van der Waals surface area contributed by atoms with E-state index < -0.39 is 10.4 Å². The fourth-order valence-corrected chi connectivity index (χ4v) is 3.05. The Morgan fingerprint density at radius 3 is 2.60 bits per heavy atom. The zero-order valence-corrected chi connectivity index (χ0v) is 12.4. The topological polar surface area (TPSA) is 140 Å². The predicted octanol–water partition coefficient (Wildman–Crippen LogP) is -1.13. The number of rotatable bonds is 3. The summed E-state index contributed by atoms with van der Waals surface area (Å²) < 4.78 is 35.2. The summed E-state index contributed by atoms with van der Waals surface area (Å²) in [6.45, 7) is 3.34. The zero-order chi connectivity index (χ0) is 14.0. The number of nitrogen functional groups attached to an aromatic ring is 1. The highest BCUT2D eigenvalue weighted by atomic mass is 32.3. The maximum atomic E-state index is 10.7. The number of aryl methyl sites for hydroxylation is 1. The van der Waals surface area contributed by atoms with Gasteiger partial charge in [-0.05, 0) is 11.7 Å². The molecule has 1 saturated heterocycles. The molecule has 2 heterocycles. The summed E-state index contributed by atoms with van der Waals surface area (Å²) in [4.78, 5) is 6.17. The fraction of sp³-hybridized carbons (Fsp3) is 0.556. The summed E-state index contributed by atoms with van der Waals surface area (Å²) in [5.74, 6) is 2.56. The lowest BCUT2D eigenvalue weighted by Crippen LogP contribution is -2.51. The Labute approximate surface area is 121 Å². The van der Waals surface area contributed by atoms with Gasteiger partial charge in [-0.1, -0.05) is 4.98 Å². The van der Waals surface area contributed by atoms with Crippen LogP contribution in [-0.4, -0.2) is 48.0 Å². The molecule has 4 N–H and O–H groups in total. The van der Waals surface area contributed by atoms with Crippen LogP contribution in [0.3, 0.4) is 0 Å². The van der Waals surface area contributed by atoms with Crippen LogP contribution < -0.4 is 19.6 Å². The van der Waals surface area contributed by atoms with Gasteiger partial charge in [0, 0.05) is 30.7 Å². The van der Waals surface area contributed by atoms with E-state index >= 15 is 0 Å². The van der Waals surface area contributed by atoms with E-state index in [2.05, 4.69) is 14.2 Å². The lowest BCUT2D eigenvalue weighted by molar-refractivity contribution is -0.851. The largest absolute Gasteiger partial charge is 0.870 e. The first-order chi connectivity index (χ1) is 8.87. The second-order valence-electron chi connectivity index (χ2n) is 4.01. The molecule has 0 atom stereocenters. The minimum Gasteiger partial charge on any atom is -0.870 e. The number of aromatic nitrogens is 2. The van der Waals surface area contributed by atoms with Crippen LogP contribution in [0.15, 0.2) is 6.07 Å². The molecule has 114 valence electrons. The van der Waals surface area contributed by atoms with E-state index in [1.54, 1.807) is 13.0 Å². The molecule has 1 aliphatic heterocycles. The highest BCUT2D eigenvalue weighted by Gasteiger charge is 2.23. The first-order valence-electron chi connectivity index (χ1n) is 5.56.